The predicted octanol–water partition coefficient (Wildman–Crippen LogP) is 3.22. The summed E-state index contributed by atoms with van der Waals surface area (Å²) < 4.78 is 0. The molecule has 2 fully saturated rings. The lowest BCUT2D eigenvalue weighted by Crippen LogP contribution is -2.60. The van der Waals surface area contributed by atoms with E-state index in [1.54, 1.807) is 18.7 Å². The number of hydrogen-bond donors (Lipinski definition) is 3. The number of Topliss-reactive ketones (excluding diaryl/α,β-unsaturated/α-hetero) is 1. The number of nitrogens with one attached hydrogen (secondary N) is 3. The largest absolute Gasteiger partial charge is 0.345 e. The first kappa shape index (κ1) is 32.3. The van der Waals surface area contributed by atoms with E-state index in [0.717, 1.165) is 18.4 Å². The number of benzene rings is 1. The summed E-state index contributed by atoms with van der Waals surface area (Å²) in [5.74, 6) is -2.39. The number of rotatable bonds is 12. The number of hydrogen-bond acceptors (Lipinski definition) is 5. The first-order valence-corrected chi connectivity index (χ1v) is 15.0. The van der Waals surface area contributed by atoms with Crippen molar-refractivity contribution in [3.63, 3.8) is 0 Å². The number of likely N-dealkylation sites (tertiary alicyclic amines) is 1. The Balaban J connectivity index is 1.80. The van der Waals surface area contributed by atoms with Gasteiger partial charge in [-0.15, -0.1) is 0 Å². The molecule has 4 atom stereocenters. The first-order valence-electron chi connectivity index (χ1n) is 15.0. The van der Waals surface area contributed by atoms with Crippen LogP contribution in [-0.4, -0.2) is 59.0 Å². The summed E-state index contributed by atoms with van der Waals surface area (Å²) in [6.07, 6.45) is 2.94. The summed E-state index contributed by atoms with van der Waals surface area (Å²) in [4.78, 5) is 68.2. The maximum atomic E-state index is 14.0. The van der Waals surface area contributed by atoms with Gasteiger partial charge in [-0.1, -0.05) is 91.6 Å². The summed E-state index contributed by atoms with van der Waals surface area (Å²) in [7, 11) is 0. The van der Waals surface area contributed by atoms with Gasteiger partial charge in [0, 0.05) is 19.0 Å². The third-order valence-corrected chi connectivity index (χ3v) is 8.20. The van der Waals surface area contributed by atoms with Crippen molar-refractivity contribution in [1.29, 1.82) is 0 Å². The van der Waals surface area contributed by atoms with Gasteiger partial charge < -0.3 is 20.9 Å². The van der Waals surface area contributed by atoms with Crippen molar-refractivity contribution in [2.24, 2.45) is 29.1 Å². The van der Waals surface area contributed by atoms with Crippen LogP contribution in [0.25, 0.3) is 0 Å². The zero-order chi connectivity index (χ0) is 30.5. The van der Waals surface area contributed by atoms with E-state index < -0.39 is 41.1 Å². The molecule has 1 unspecified atom stereocenters. The third kappa shape index (κ3) is 8.63. The molecule has 1 aromatic rings. The van der Waals surface area contributed by atoms with Gasteiger partial charge in [0.25, 0.3) is 5.91 Å². The zero-order valence-corrected chi connectivity index (χ0v) is 25.7. The molecule has 0 radical (unpaired) electrons. The van der Waals surface area contributed by atoms with Crippen LogP contribution in [0.4, 0.5) is 0 Å². The molecule has 9 nitrogen and oxygen atoms in total. The van der Waals surface area contributed by atoms with Crippen LogP contribution in [0.1, 0.15) is 79.7 Å². The number of ketones is 1. The van der Waals surface area contributed by atoms with E-state index in [2.05, 4.69) is 16.0 Å². The summed E-state index contributed by atoms with van der Waals surface area (Å²) in [6, 6.07) is 6.74. The summed E-state index contributed by atoms with van der Waals surface area (Å²) in [5, 5.41) is 8.47. The Morgan fingerprint density at radius 1 is 0.927 bits per heavy atom. The predicted molar refractivity (Wildman–Crippen MR) is 157 cm³/mol. The monoisotopic (exact) mass is 568 g/mol. The fourth-order valence-electron chi connectivity index (χ4n) is 5.42. The molecule has 0 bridgehead atoms. The molecule has 41 heavy (non-hydrogen) atoms. The highest BCUT2D eigenvalue weighted by Crippen LogP contribution is 2.35. The standard InChI is InChI=1S/C32H48N4O5/c1-19(2)23-15-16-36(31(41)27(32(5,6)7)35-28(38)20(3)4)25(23)29(39)34-24(17-21-13-14-21)26(37)30(40)33-18-22-11-9-8-10-12-22/h8-12,19-21,23-25,27H,13-18H2,1-7H3,(H,33,40)(H,34,39)(H,35,38)/t23-,24?,25+,27-/m1/s1. The van der Waals surface area contributed by atoms with Crippen LogP contribution >= 0.6 is 0 Å². The van der Waals surface area contributed by atoms with E-state index >= 15 is 0 Å². The van der Waals surface area contributed by atoms with Crippen LogP contribution in [0.5, 0.6) is 0 Å². The quantitative estimate of drug-likeness (QED) is 0.334. The Kier molecular flexibility index (Phi) is 10.7. The van der Waals surface area contributed by atoms with Gasteiger partial charge in [0.15, 0.2) is 0 Å². The molecular weight excluding hydrogens is 520 g/mol. The van der Waals surface area contributed by atoms with E-state index in [1.165, 1.54) is 0 Å². The van der Waals surface area contributed by atoms with Gasteiger partial charge in [0.2, 0.25) is 23.5 Å². The van der Waals surface area contributed by atoms with Crippen LogP contribution in [0.3, 0.4) is 0 Å². The smallest absolute Gasteiger partial charge is 0.289 e. The van der Waals surface area contributed by atoms with Gasteiger partial charge in [-0.25, -0.2) is 0 Å². The number of nitrogens with zero attached hydrogens (tertiary/aromatic N) is 1. The molecule has 1 heterocycles. The van der Waals surface area contributed by atoms with Crippen LogP contribution < -0.4 is 16.0 Å². The molecule has 1 saturated carbocycles. The molecule has 3 N–H and O–H groups in total. The lowest BCUT2D eigenvalue weighted by molar-refractivity contribution is -0.146. The maximum Gasteiger partial charge on any atom is 0.289 e. The number of carbonyl (C=O) groups is 5. The van der Waals surface area contributed by atoms with Crippen LogP contribution in [0.2, 0.25) is 0 Å². The molecule has 3 rings (SSSR count). The van der Waals surface area contributed by atoms with Crippen molar-refractivity contribution >= 4 is 29.4 Å². The molecule has 2 aliphatic rings. The van der Waals surface area contributed by atoms with Gasteiger partial charge in [-0.05, 0) is 41.6 Å². The third-order valence-electron chi connectivity index (χ3n) is 8.20. The maximum absolute atomic E-state index is 14.0. The van der Waals surface area contributed by atoms with Gasteiger partial charge >= 0.3 is 0 Å². The van der Waals surface area contributed by atoms with Crippen molar-refractivity contribution < 1.29 is 24.0 Å². The Bertz CT molecular complexity index is 1110. The summed E-state index contributed by atoms with van der Waals surface area (Å²) >= 11 is 0. The molecule has 1 aromatic carbocycles. The average Bonchev–Trinajstić information content (AvgIpc) is 3.61. The van der Waals surface area contributed by atoms with E-state index in [4.69, 9.17) is 0 Å². The van der Waals surface area contributed by atoms with Crippen molar-refractivity contribution in [3.8, 4) is 0 Å². The molecule has 1 aliphatic carbocycles. The highest BCUT2D eigenvalue weighted by atomic mass is 16.2. The van der Waals surface area contributed by atoms with Crippen molar-refractivity contribution in [2.45, 2.75) is 98.8 Å². The van der Waals surface area contributed by atoms with Gasteiger partial charge in [0.05, 0.1) is 6.04 Å². The number of carbonyl (C=O) groups excluding carboxylic acids is 5. The van der Waals surface area contributed by atoms with Gasteiger partial charge in [-0.3, -0.25) is 24.0 Å². The Labute approximate surface area is 244 Å². The van der Waals surface area contributed by atoms with Crippen LogP contribution in [0, 0.1) is 29.1 Å². The topological polar surface area (TPSA) is 125 Å². The first-order chi connectivity index (χ1) is 19.2. The highest BCUT2D eigenvalue weighted by molar-refractivity contribution is 6.38. The van der Waals surface area contributed by atoms with Crippen LogP contribution in [0.15, 0.2) is 30.3 Å². The van der Waals surface area contributed by atoms with Gasteiger partial charge in [0.1, 0.15) is 12.1 Å². The van der Waals surface area contributed by atoms with E-state index in [9.17, 15) is 24.0 Å². The lowest BCUT2D eigenvalue weighted by atomic mass is 9.84. The fraction of sp³-hybridized carbons (Fsp3) is 0.656. The minimum atomic E-state index is -0.963. The molecule has 4 amide bonds. The molecule has 0 spiro atoms. The Hall–Kier alpha value is -3.23. The summed E-state index contributed by atoms with van der Waals surface area (Å²) in [6.45, 7) is 13.8. The average molecular weight is 569 g/mol. The van der Waals surface area contributed by atoms with E-state index in [-0.39, 0.29) is 42.0 Å². The zero-order valence-electron chi connectivity index (χ0n) is 25.7. The van der Waals surface area contributed by atoms with Crippen molar-refractivity contribution in [3.05, 3.63) is 35.9 Å². The second kappa shape index (κ2) is 13.6. The fourth-order valence-corrected chi connectivity index (χ4v) is 5.42. The van der Waals surface area contributed by atoms with Crippen LogP contribution in [-0.2, 0) is 30.5 Å². The highest BCUT2D eigenvalue weighted by Gasteiger charge is 2.48. The number of amides is 4. The molecule has 9 heteroatoms. The van der Waals surface area contributed by atoms with Crippen molar-refractivity contribution in [1.82, 2.24) is 20.9 Å². The lowest BCUT2D eigenvalue weighted by Gasteiger charge is -2.37. The molecule has 0 aromatic heterocycles. The second-order valence-electron chi connectivity index (χ2n) is 13.4. The SMILES string of the molecule is CC(C)C(=O)N[C@H](C(=O)N1CC[C@H](C(C)C)[C@H]1C(=O)NC(CC1CC1)C(=O)C(=O)NCc1ccccc1)C(C)(C)C. The van der Waals surface area contributed by atoms with Gasteiger partial charge in [-0.2, -0.15) is 0 Å². The Morgan fingerprint density at radius 2 is 1.56 bits per heavy atom. The minimum absolute atomic E-state index is 0.105. The molecule has 226 valence electrons. The molecule has 1 aliphatic heterocycles. The summed E-state index contributed by atoms with van der Waals surface area (Å²) in [5.41, 5.74) is 0.286. The van der Waals surface area contributed by atoms with Crippen molar-refractivity contribution in [2.75, 3.05) is 6.54 Å². The molecular formula is C32H48N4O5. The second-order valence-corrected chi connectivity index (χ2v) is 13.4. The van der Waals surface area contributed by atoms with E-state index in [0.29, 0.717) is 19.4 Å². The normalized spacial score (nSPS) is 20.5. The molecule has 1 saturated heterocycles. The minimum Gasteiger partial charge on any atom is -0.345 e. The van der Waals surface area contributed by atoms with E-state index in [1.807, 2.05) is 65.0 Å². The Morgan fingerprint density at radius 3 is 2.10 bits per heavy atom.